The number of hydrogen-bond donors (Lipinski definition) is 4. The molecule has 0 aliphatic carbocycles. The van der Waals surface area contributed by atoms with Gasteiger partial charge in [-0.3, -0.25) is 4.57 Å². The molecule has 4 unspecified atom stereocenters. The van der Waals surface area contributed by atoms with Crippen molar-refractivity contribution in [3.05, 3.63) is 83.9 Å². The lowest BCUT2D eigenvalue weighted by Gasteiger charge is -2.20. The highest BCUT2D eigenvalue weighted by atomic mass is 32.2. The van der Waals surface area contributed by atoms with Crippen LogP contribution in [-0.2, 0) is 26.0 Å². The number of aliphatic hydroxyl groups excluding tert-OH is 2. The van der Waals surface area contributed by atoms with Crippen molar-refractivity contribution in [3.8, 4) is 0 Å². The van der Waals surface area contributed by atoms with Crippen LogP contribution in [0.15, 0.2) is 67.0 Å². The Morgan fingerprint density at radius 2 is 1.69 bits per heavy atom. The molecule has 42 heavy (non-hydrogen) atoms. The minimum absolute atomic E-state index is 0.0176. The molecule has 2 aromatic carbocycles. The predicted octanol–water partition coefficient (Wildman–Crippen LogP) is 2.17. The van der Waals surface area contributed by atoms with E-state index in [2.05, 4.69) is 49.3 Å². The molecule has 12 nitrogen and oxygen atoms in total. The van der Waals surface area contributed by atoms with E-state index in [4.69, 9.17) is 9.47 Å². The quantitative estimate of drug-likeness (QED) is 0.180. The third-order valence-corrected chi connectivity index (χ3v) is 8.74. The van der Waals surface area contributed by atoms with Crippen molar-refractivity contribution in [2.45, 2.75) is 50.3 Å². The van der Waals surface area contributed by atoms with E-state index in [0.717, 1.165) is 11.1 Å². The number of hydrogen-bond acceptors (Lipinski definition) is 10. The first-order chi connectivity index (χ1) is 20.3. The number of methoxy groups -OCH3 is 1. The van der Waals surface area contributed by atoms with Crippen molar-refractivity contribution >= 4 is 27.0 Å². The van der Waals surface area contributed by atoms with Gasteiger partial charge in [-0.2, -0.15) is 0 Å². The number of benzene rings is 2. The van der Waals surface area contributed by atoms with Crippen molar-refractivity contribution in [1.82, 2.24) is 24.2 Å². The van der Waals surface area contributed by atoms with Gasteiger partial charge in [0, 0.05) is 19.6 Å². The van der Waals surface area contributed by atoms with Gasteiger partial charge in [0.2, 0.25) is 10.0 Å². The minimum Gasteiger partial charge on any atom is -0.387 e. The van der Waals surface area contributed by atoms with E-state index < -0.39 is 34.6 Å². The molecule has 1 aliphatic heterocycles. The number of nitrogens with one attached hydrogen (secondary N) is 2. The van der Waals surface area contributed by atoms with E-state index in [1.54, 1.807) is 6.92 Å². The SMILES string of the molecule is CCCS(=O)(=O)NCc1nc(NCC(c2ccccc2)c2ccccc2)c2ncn(C3OC(COC)C(O)C3O)c2n1. The summed E-state index contributed by atoms with van der Waals surface area (Å²) in [5.41, 5.74) is 2.96. The van der Waals surface area contributed by atoms with E-state index in [-0.39, 0.29) is 30.6 Å². The average Bonchev–Trinajstić information content (AvgIpc) is 3.54. The maximum atomic E-state index is 12.4. The molecule has 1 aliphatic rings. The Labute approximate surface area is 244 Å². The van der Waals surface area contributed by atoms with Crippen LogP contribution in [0.1, 0.15) is 42.4 Å². The van der Waals surface area contributed by atoms with Crippen molar-refractivity contribution < 1.29 is 28.1 Å². The highest BCUT2D eigenvalue weighted by Gasteiger charge is 2.44. The third-order valence-electron chi connectivity index (χ3n) is 7.21. The normalized spacial score (nSPS) is 20.9. The van der Waals surface area contributed by atoms with Gasteiger partial charge in [-0.05, 0) is 17.5 Å². The van der Waals surface area contributed by atoms with Crippen LogP contribution in [0.5, 0.6) is 0 Å². The number of anilines is 1. The summed E-state index contributed by atoms with van der Waals surface area (Å²) in [6.45, 7) is 2.21. The van der Waals surface area contributed by atoms with Gasteiger partial charge in [-0.1, -0.05) is 67.6 Å². The maximum Gasteiger partial charge on any atom is 0.211 e. The number of ether oxygens (including phenoxy) is 2. The van der Waals surface area contributed by atoms with E-state index in [9.17, 15) is 18.6 Å². The fourth-order valence-corrected chi connectivity index (χ4v) is 6.15. The molecule has 1 fully saturated rings. The van der Waals surface area contributed by atoms with Gasteiger partial charge < -0.3 is 25.0 Å². The molecule has 0 saturated carbocycles. The van der Waals surface area contributed by atoms with Crippen molar-refractivity contribution in [2.24, 2.45) is 0 Å². The van der Waals surface area contributed by atoms with Gasteiger partial charge in [-0.25, -0.2) is 28.1 Å². The lowest BCUT2D eigenvalue weighted by Crippen LogP contribution is -2.33. The molecule has 5 rings (SSSR count). The molecular formula is C29H36N6O6S. The zero-order valence-electron chi connectivity index (χ0n) is 23.5. The van der Waals surface area contributed by atoms with E-state index in [1.807, 2.05) is 36.4 Å². The molecule has 0 amide bonds. The number of rotatable bonds is 13. The van der Waals surface area contributed by atoms with Gasteiger partial charge in [0.05, 0.1) is 25.2 Å². The molecule has 13 heteroatoms. The Balaban J connectivity index is 1.51. The van der Waals surface area contributed by atoms with Crippen molar-refractivity contribution in [3.63, 3.8) is 0 Å². The Morgan fingerprint density at radius 3 is 2.31 bits per heavy atom. The lowest BCUT2D eigenvalue weighted by molar-refractivity contribution is -0.0580. The predicted molar refractivity (Wildman–Crippen MR) is 157 cm³/mol. The van der Waals surface area contributed by atoms with Gasteiger partial charge in [0.1, 0.15) is 24.1 Å². The van der Waals surface area contributed by atoms with Crippen molar-refractivity contribution in [2.75, 3.05) is 31.3 Å². The van der Waals surface area contributed by atoms with Crippen LogP contribution in [0.25, 0.3) is 11.2 Å². The molecule has 4 aromatic rings. The Kier molecular flexibility index (Phi) is 9.46. The van der Waals surface area contributed by atoms with Gasteiger partial charge in [-0.15, -0.1) is 0 Å². The molecule has 0 radical (unpaired) electrons. The number of fused-ring (bicyclic) bond motifs is 1. The van der Waals surface area contributed by atoms with Crippen LogP contribution < -0.4 is 10.0 Å². The first kappa shape index (κ1) is 30.0. The number of aromatic nitrogens is 4. The first-order valence-corrected chi connectivity index (χ1v) is 15.5. The zero-order valence-corrected chi connectivity index (χ0v) is 24.3. The van der Waals surface area contributed by atoms with Crippen LogP contribution in [-0.4, -0.2) is 82.5 Å². The second-order valence-corrected chi connectivity index (χ2v) is 12.1. The average molecular weight is 597 g/mol. The molecule has 2 aromatic heterocycles. The number of aliphatic hydroxyl groups is 2. The van der Waals surface area contributed by atoms with E-state index >= 15 is 0 Å². The summed E-state index contributed by atoms with van der Waals surface area (Å²) < 4.78 is 39.9. The molecule has 3 heterocycles. The number of sulfonamides is 1. The summed E-state index contributed by atoms with van der Waals surface area (Å²) in [6, 6.07) is 20.2. The molecule has 4 N–H and O–H groups in total. The summed E-state index contributed by atoms with van der Waals surface area (Å²) >= 11 is 0. The molecule has 1 saturated heterocycles. The smallest absolute Gasteiger partial charge is 0.211 e. The molecule has 0 bridgehead atoms. The van der Waals surface area contributed by atoms with Crippen LogP contribution in [0.2, 0.25) is 0 Å². The summed E-state index contributed by atoms with van der Waals surface area (Å²) in [4.78, 5) is 13.8. The minimum atomic E-state index is -3.52. The second kappa shape index (κ2) is 13.2. The largest absolute Gasteiger partial charge is 0.387 e. The number of imidazole rings is 1. The van der Waals surface area contributed by atoms with Crippen LogP contribution in [0.4, 0.5) is 5.82 Å². The van der Waals surface area contributed by atoms with E-state index in [1.165, 1.54) is 18.0 Å². The Morgan fingerprint density at radius 1 is 1.02 bits per heavy atom. The first-order valence-electron chi connectivity index (χ1n) is 13.9. The van der Waals surface area contributed by atoms with Crippen LogP contribution in [0.3, 0.4) is 0 Å². The molecular weight excluding hydrogens is 560 g/mol. The van der Waals surface area contributed by atoms with Crippen molar-refractivity contribution in [1.29, 1.82) is 0 Å². The highest BCUT2D eigenvalue weighted by molar-refractivity contribution is 7.89. The summed E-state index contributed by atoms with van der Waals surface area (Å²) in [5.74, 6) is 0.580. The van der Waals surface area contributed by atoms with Gasteiger partial charge >= 0.3 is 0 Å². The summed E-state index contributed by atoms with van der Waals surface area (Å²) in [5, 5.41) is 24.7. The van der Waals surface area contributed by atoms with E-state index in [0.29, 0.717) is 29.9 Å². The zero-order chi connectivity index (χ0) is 29.7. The summed E-state index contributed by atoms with van der Waals surface area (Å²) in [7, 11) is -2.04. The van der Waals surface area contributed by atoms with Gasteiger partial charge in [0.25, 0.3) is 0 Å². The third kappa shape index (κ3) is 6.61. The molecule has 4 atom stereocenters. The fraction of sp³-hybridized carbons (Fsp3) is 0.414. The van der Waals surface area contributed by atoms with Crippen LogP contribution >= 0.6 is 0 Å². The monoisotopic (exact) mass is 596 g/mol. The lowest BCUT2D eigenvalue weighted by atomic mass is 9.91. The standard InChI is InChI=1S/C29H36N6O6S/c1-3-14-42(38,39)32-16-23-33-27(30-15-21(19-10-6-4-7-11-19)20-12-8-5-9-13-20)24-28(34-23)35(18-31-24)29-26(37)25(36)22(41-29)17-40-2/h4-13,18,21-22,25-26,29,32,36-37H,3,14-17H2,1-2H3,(H,30,33,34). The Bertz CT molecular complexity index is 1530. The molecule has 224 valence electrons. The fourth-order valence-electron chi connectivity index (χ4n) is 5.12. The maximum absolute atomic E-state index is 12.4. The summed E-state index contributed by atoms with van der Waals surface area (Å²) in [6.07, 6.45) is -2.23. The second-order valence-electron chi connectivity index (χ2n) is 10.2. The Hall–Kier alpha value is -3.46. The van der Waals surface area contributed by atoms with Crippen LogP contribution in [0, 0.1) is 0 Å². The topological polar surface area (TPSA) is 161 Å². The highest BCUT2D eigenvalue weighted by Crippen LogP contribution is 2.33. The number of nitrogens with zero attached hydrogens (tertiary/aromatic N) is 4. The van der Waals surface area contributed by atoms with Gasteiger partial charge in [0.15, 0.2) is 23.2 Å². The molecule has 0 spiro atoms.